The van der Waals surface area contributed by atoms with Crippen LogP contribution in [0.15, 0.2) is 23.1 Å². The summed E-state index contributed by atoms with van der Waals surface area (Å²) in [5.74, 6) is -1.53. The Kier molecular flexibility index (Phi) is 5.50. The zero-order valence-corrected chi connectivity index (χ0v) is 14.5. The van der Waals surface area contributed by atoms with Crippen LogP contribution in [0.25, 0.3) is 6.08 Å². The van der Waals surface area contributed by atoms with Gasteiger partial charge in [0, 0.05) is 15.6 Å². The van der Waals surface area contributed by atoms with Gasteiger partial charge in [0.2, 0.25) is 0 Å². The third-order valence-electron chi connectivity index (χ3n) is 3.08. The lowest BCUT2D eigenvalue weighted by molar-refractivity contribution is -0.145. The number of amides is 1. The summed E-state index contributed by atoms with van der Waals surface area (Å²) in [7, 11) is 0. The zero-order chi connectivity index (χ0) is 16.4. The van der Waals surface area contributed by atoms with Crippen LogP contribution in [0.1, 0.15) is 18.9 Å². The molecule has 1 heterocycles. The number of aliphatic carboxylic acids is 1. The number of rotatable bonds is 4. The summed E-state index contributed by atoms with van der Waals surface area (Å²) in [4.78, 5) is 25.1. The van der Waals surface area contributed by atoms with E-state index in [2.05, 4.69) is 0 Å². The number of nitrogens with zero attached hydrogens (tertiary/aromatic N) is 1. The molecule has 4 nitrogen and oxygen atoms in total. The standard InChI is InChI=1S/C14H11Cl2NO3S2/c1-2-10(13(19)20)17-12(18)11(22-14(17)21)6-7-8(15)4-3-5-9(7)16/h3-6,10H,2H2,1H3,(H,19,20)/b11-6-/t10-/m1/s1. The summed E-state index contributed by atoms with van der Waals surface area (Å²) in [6.07, 6.45) is 1.81. The van der Waals surface area contributed by atoms with Gasteiger partial charge < -0.3 is 5.11 Å². The SMILES string of the molecule is CC[C@H](C(=O)O)N1C(=O)/C(=C/c2c(Cl)cccc2Cl)SC1=S. The van der Waals surface area contributed by atoms with E-state index in [-0.39, 0.29) is 10.7 Å². The summed E-state index contributed by atoms with van der Waals surface area (Å²) in [6.45, 7) is 1.69. The molecule has 0 aliphatic carbocycles. The van der Waals surface area contributed by atoms with Gasteiger partial charge in [-0.3, -0.25) is 9.69 Å². The molecule has 0 unspecified atom stereocenters. The predicted molar refractivity (Wildman–Crippen MR) is 93.2 cm³/mol. The zero-order valence-electron chi connectivity index (χ0n) is 11.4. The predicted octanol–water partition coefficient (Wildman–Crippen LogP) is 4.06. The number of carboxylic acids is 1. The molecular weight excluding hydrogens is 365 g/mol. The summed E-state index contributed by atoms with van der Waals surface area (Å²) in [5.41, 5.74) is 0.509. The Morgan fingerprint density at radius 3 is 2.55 bits per heavy atom. The molecule has 0 bridgehead atoms. The van der Waals surface area contributed by atoms with Crippen molar-refractivity contribution >= 4 is 69.5 Å². The Morgan fingerprint density at radius 2 is 2.05 bits per heavy atom. The molecule has 0 radical (unpaired) electrons. The average Bonchev–Trinajstić information content (AvgIpc) is 2.71. The highest BCUT2D eigenvalue weighted by Crippen LogP contribution is 2.37. The summed E-state index contributed by atoms with van der Waals surface area (Å²) in [5, 5.41) is 10.0. The van der Waals surface area contributed by atoms with E-state index in [4.69, 9.17) is 35.4 Å². The van der Waals surface area contributed by atoms with Gasteiger partial charge in [-0.2, -0.15) is 0 Å². The average molecular weight is 376 g/mol. The number of thioether (sulfide) groups is 1. The molecule has 8 heteroatoms. The van der Waals surface area contributed by atoms with Crippen molar-refractivity contribution in [3.8, 4) is 0 Å². The van der Waals surface area contributed by atoms with E-state index in [0.29, 0.717) is 20.5 Å². The Bertz CT molecular complexity index is 670. The molecule has 1 N–H and O–H groups in total. The molecule has 116 valence electrons. The minimum atomic E-state index is -1.09. The Morgan fingerprint density at radius 1 is 1.45 bits per heavy atom. The number of benzene rings is 1. The van der Waals surface area contributed by atoms with Crippen LogP contribution in [0.4, 0.5) is 0 Å². The van der Waals surface area contributed by atoms with Gasteiger partial charge in [0.15, 0.2) is 0 Å². The molecule has 1 aliphatic heterocycles. The van der Waals surface area contributed by atoms with E-state index in [1.165, 1.54) is 0 Å². The molecular formula is C14H11Cl2NO3S2. The first-order chi connectivity index (χ1) is 10.4. The molecule has 22 heavy (non-hydrogen) atoms. The molecule has 1 fully saturated rings. The van der Waals surface area contributed by atoms with Crippen LogP contribution in [-0.4, -0.2) is 32.2 Å². The first-order valence-electron chi connectivity index (χ1n) is 6.30. The normalized spacial score (nSPS) is 18.1. The van der Waals surface area contributed by atoms with Gasteiger partial charge in [0.05, 0.1) is 4.91 Å². The Hall–Kier alpha value is -1.08. The molecule has 0 saturated carbocycles. The monoisotopic (exact) mass is 375 g/mol. The third-order valence-corrected chi connectivity index (χ3v) is 5.07. The fourth-order valence-electron chi connectivity index (χ4n) is 2.00. The maximum Gasteiger partial charge on any atom is 0.326 e. The largest absolute Gasteiger partial charge is 0.480 e. The number of carbonyl (C=O) groups is 2. The van der Waals surface area contributed by atoms with Gasteiger partial charge in [-0.1, -0.05) is 60.2 Å². The van der Waals surface area contributed by atoms with Crippen LogP contribution in [0.2, 0.25) is 10.0 Å². The summed E-state index contributed by atoms with van der Waals surface area (Å²) < 4.78 is 0.216. The highest BCUT2D eigenvalue weighted by Gasteiger charge is 2.39. The molecule has 1 atom stereocenters. The highest BCUT2D eigenvalue weighted by atomic mass is 35.5. The lowest BCUT2D eigenvalue weighted by atomic mass is 10.1. The lowest BCUT2D eigenvalue weighted by Gasteiger charge is -2.21. The fourth-order valence-corrected chi connectivity index (χ4v) is 3.84. The number of halogens is 2. The molecule has 1 amide bonds. The number of thiocarbonyl (C=S) groups is 1. The second-order valence-electron chi connectivity index (χ2n) is 4.45. The molecule has 1 aromatic carbocycles. The minimum Gasteiger partial charge on any atom is -0.480 e. The van der Waals surface area contributed by atoms with E-state index in [0.717, 1.165) is 16.7 Å². The van der Waals surface area contributed by atoms with Gasteiger partial charge in [-0.05, 0) is 24.6 Å². The van der Waals surface area contributed by atoms with Crippen molar-refractivity contribution in [2.45, 2.75) is 19.4 Å². The van der Waals surface area contributed by atoms with Crippen LogP contribution < -0.4 is 0 Å². The van der Waals surface area contributed by atoms with E-state index in [9.17, 15) is 14.7 Å². The van der Waals surface area contributed by atoms with Crippen molar-refractivity contribution in [2.24, 2.45) is 0 Å². The van der Waals surface area contributed by atoms with Crippen molar-refractivity contribution in [1.82, 2.24) is 4.90 Å². The van der Waals surface area contributed by atoms with E-state index in [1.54, 1.807) is 31.2 Å². The summed E-state index contributed by atoms with van der Waals surface area (Å²) >= 11 is 18.3. The molecule has 2 rings (SSSR count). The quantitative estimate of drug-likeness (QED) is 0.635. The van der Waals surface area contributed by atoms with Gasteiger partial charge in [-0.25, -0.2) is 4.79 Å². The van der Waals surface area contributed by atoms with Crippen molar-refractivity contribution in [3.05, 3.63) is 38.7 Å². The molecule has 1 aliphatic rings. The highest BCUT2D eigenvalue weighted by molar-refractivity contribution is 8.26. The molecule has 0 spiro atoms. The first-order valence-corrected chi connectivity index (χ1v) is 8.28. The van der Waals surface area contributed by atoms with Crippen molar-refractivity contribution in [3.63, 3.8) is 0 Å². The maximum absolute atomic E-state index is 12.4. The van der Waals surface area contributed by atoms with Crippen LogP contribution in [0.3, 0.4) is 0 Å². The smallest absolute Gasteiger partial charge is 0.326 e. The van der Waals surface area contributed by atoms with Crippen LogP contribution in [0, 0.1) is 0 Å². The van der Waals surface area contributed by atoms with E-state index >= 15 is 0 Å². The number of hydrogen-bond donors (Lipinski definition) is 1. The van der Waals surface area contributed by atoms with Crippen LogP contribution in [0.5, 0.6) is 0 Å². The molecule has 1 aromatic rings. The van der Waals surface area contributed by atoms with E-state index in [1.807, 2.05) is 0 Å². The Labute approximate surface area is 147 Å². The fraction of sp³-hybridized carbons (Fsp3) is 0.214. The van der Waals surface area contributed by atoms with Gasteiger partial charge in [0.1, 0.15) is 10.4 Å². The van der Waals surface area contributed by atoms with Gasteiger partial charge >= 0.3 is 5.97 Å². The van der Waals surface area contributed by atoms with Crippen molar-refractivity contribution in [1.29, 1.82) is 0 Å². The molecule has 0 aromatic heterocycles. The topological polar surface area (TPSA) is 57.6 Å². The summed E-state index contributed by atoms with van der Waals surface area (Å²) in [6, 6.07) is 4.04. The van der Waals surface area contributed by atoms with Gasteiger partial charge in [0.25, 0.3) is 5.91 Å². The number of hydrogen-bond acceptors (Lipinski definition) is 4. The van der Waals surface area contributed by atoms with E-state index < -0.39 is 17.9 Å². The number of carbonyl (C=O) groups excluding carboxylic acids is 1. The van der Waals surface area contributed by atoms with Crippen molar-refractivity contribution < 1.29 is 14.7 Å². The van der Waals surface area contributed by atoms with Crippen molar-refractivity contribution in [2.75, 3.05) is 0 Å². The van der Waals surface area contributed by atoms with Crippen LogP contribution >= 0.6 is 47.2 Å². The first kappa shape index (κ1) is 17.3. The Balaban J connectivity index is 2.40. The second-order valence-corrected chi connectivity index (χ2v) is 6.94. The molecule has 1 saturated heterocycles. The maximum atomic E-state index is 12.4. The second kappa shape index (κ2) is 7.00. The third kappa shape index (κ3) is 3.30. The number of carboxylic acid groups (broad SMARTS) is 1. The lowest BCUT2D eigenvalue weighted by Crippen LogP contribution is -2.43. The van der Waals surface area contributed by atoms with Gasteiger partial charge in [-0.15, -0.1) is 0 Å². The minimum absolute atomic E-state index is 0.216. The van der Waals surface area contributed by atoms with Crippen LogP contribution in [-0.2, 0) is 9.59 Å².